The first-order valence-electron chi connectivity index (χ1n) is 2.03. The molecule has 0 aromatic carbocycles. The average Bonchev–Trinajstić information content (AvgIpc) is 1.89. The number of hydroxylamine groups is 2. The molecule has 0 fully saturated rings. The minimum absolute atomic E-state index is 0.393. The quantitative estimate of drug-likeness (QED) is 0.263. The van der Waals surface area contributed by atoms with Crippen molar-refractivity contribution in [2.24, 2.45) is 0 Å². The summed E-state index contributed by atoms with van der Waals surface area (Å²) in [6, 6.07) is 0. The summed E-state index contributed by atoms with van der Waals surface area (Å²) in [6.07, 6.45) is 0.786. The van der Waals surface area contributed by atoms with Gasteiger partial charge in [0.05, 0.1) is 0 Å². The van der Waals surface area contributed by atoms with Crippen LogP contribution in [0, 0.1) is 0 Å². The van der Waals surface area contributed by atoms with Crippen molar-refractivity contribution in [3.05, 3.63) is 0 Å². The van der Waals surface area contributed by atoms with Crippen molar-refractivity contribution in [1.29, 1.82) is 0 Å². The summed E-state index contributed by atoms with van der Waals surface area (Å²) in [5, 5.41) is 0. The summed E-state index contributed by atoms with van der Waals surface area (Å²) in [7, 11) is 0. The number of nitrogens with one attached hydrogen (secondary N) is 2. The molecule has 0 saturated carbocycles. The van der Waals surface area contributed by atoms with Crippen LogP contribution in [0.1, 0.15) is 0 Å². The van der Waals surface area contributed by atoms with E-state index in [2.05, 4.69) is 5.49 Å². The molecule has 0 unspecified atom stereocenters. The Morgan fingerprint density at radius 1 is 1.11 bits per heavy atom. The fraction of sp³-hybridized carbons (Fsp3) is 0. The van der Waals surface area contributed by atoms with Crippen LogP contribution < -0.4 is 11.0 Å². The van der Waals surface area contributed by atoms with Crippen LogP contribution in [0.2, 0.25) is 0 Å². The summed E-state index contributed by atoms with van der Waals surface area (Å²) in [4.78, 5) is 19.0. The van der Waals surface area contributed by atoms with Crippen LogP contribution >= 0.6 is 0 Å². The van der Waals surface area contributed by atoms with Gasteiger partial charge in [0.2, 0.25) is 0 Å². The van der Waals surface area contributed by atoms with Crippen molar-refractivity contribution in [1.82, 2.24) is 11.0 Å². The number of carbonyl (C=O) groups is 2. The van der Waals surface area contributed by atoms with E-state index in [-0.39, 0.29) is 0 Å². The summed E-state index contributed by atoms with van der Waals surface area (Å²) in [5.41, 5.74) is 3.89. The fourth-order valence-corrected chi connectivity index (χ4v) is 1.45. The van der Waals surface area contributed by atoms with Crippen LogP contribution in [0.15, 0.2) is 0 Å². The molecule has 0 aliphatic carbocycles. The fourth-order valence-electron chi connectivity index (χ4n) is 0.166. The molecule has 2 amide bonds. The molecule has 0 aromatic heterocycles. The Hall–Kier alpha value is -0.205. The van der Waals surface area contributed by atoms with Crippen molar-refractivity contribution >= 4 is 12.8 Å². The Morgan fingerprint density at radius 3 is 1.89 bits per heavy atom. The maximum atomic E-state index is 9.49. The maximum absolute atomic E-state index is 9.49. The van der Waals surface area contributed by atoms with E-state index < -0.39 is 25.5 Å². The third-order valence-electron chi connectivity index (χ3n) is 0.381. The topological polar surface area (TPSA) is 76.7 Å². The Morgan fingerprint density at radius 2 is 1.56 bits per heavy atom. The van der Waals surface area contributed by atoms with E-state index in [1.165, 1.54) is 0 Å². The molecular formula is C2H4HgN2O4. The summed E-state index contributed by atoms with van der Waals surface area (Å²) in [6.45, 7) is 0. The molecule has 0 radical (unpaired) electrons. The van der Waals surface area contributed by atoms with Gasteiger partial charge in [0, 0.05) is 0 Å². The van der Waals surface area contributed by atoms with Gasteiger partial charge in [0.25, 0.3) is 0 Å². The molecule has 9 heavy (non-hydrogen) atoms. The second-order valence-corrected chi connectivity index (χ2v) is 4.04. The SMILES string of the molecule is O=CN[O][Hg][O]NC=O. The molecule has 0 heterocycles. The summed E-state index contributed by atoms with van der Waals surface area (Å²) < 4.78 is 8.89. The van der Waals surface area contributed by atoms with Gasteiger partial charge in [0.15, 0.2) is 0 Å². The first-order valence-corrected chi connectivity index (χ1v) is 6.52. The first-order chi connectivity index (χ1) is 4.41. The Labute approximate surface area is 64.6 Å². The van der Waals surface area contributed by atoms with Crippen LogP contribution in [-0.4, -0.2) is 12.8 Å². The van der Waals surface area contributed by atoms with E-state index in [1.807, 2.05) is 11.0 Å². The van der Waals surface area contributed by atoms with Crippen molar-refractivity contribution in [3.63, 3.8) is 0 Å². The van der Waals surface area contributed by atoms with Crippen LogP contribution in [0.25, 0.3) is 0 Å². The summed E-state index contributed by atoms with van der Waals surface area (Å²) >= 11 is -1.94. The summed E-state index contributed by atoms with van der Waals surface area (Å²) in [5.74, 6) is 0. The number of amides is 2. The van der Waals surface area contributed by atoms with Crippen LogP contribution in [0.4, 0.5) is 0 Å². The van der Waals surface area contributed by atoms with Gasteiger partial charge < -0.3 is 0 Å². The molecule has 0 aliphatic heterocycles. The first kappa shape index (κ1) is 8.80. The van der Waals surface area contributed by atoms with Gasteiger partial charge in [-0.2, -0.15) is 0 Å². The number of carbonyl (C=O) groups excluding carboxylic acids is 2. The van der Waals surface area contributed by atoms with E-state index in [9.17, 15) is 9.59 Å². The molecule has 7 heteroatoms. The van der Waals surface area contributed by atoms with Crippen molar-refractivity contribution in [2.75, 3.05) is 0 Å². The zero-order chi connectivity index (χ0) is 6.95. The molecule has 0 bridgehead atoms. The predicted molar refractivity (Wildman–Crippen MR) is 20.6 cm³/mol. The molecule has 0 rings (SSSR count). The number of hydrogen-bond acceptors (Lipinski definition) is 4. The molecule has 2 N–H and O–H groups in total. The van der Waals surface area contributed by atoms with E-state index in [4.69, 9.17) is 0 Å². The zero-order valence-electron chi connectivity index (χ0n) is 4.49. The van der Waals surface area contributed by atoms with Crippen LogP contribution in [-0.2, 0) is 40.6 Å². The number of rotatable bonds is 6. The number of hydrogen-bond donors (Lipinski definition) is 2. The Kier molecular flexibility index (Phi) is 7.62. The van der Waals surface area contributed by atoms with E-state index in [0.717, 1.165) is 0 Å². The van der Waals surface area contributed by atoms with Crippen LogP contribution in [0.3, 0.4) is 0 Å². The van der Waals surface area contributed by atoms with Gasteiger partial charge in [-0.1, -0.05) is 0 Å². The van der Waals surface area contributed by atoms with Crippen molar-refractivity contribution < 1.29 is 40.6 Å². The molecule has 0 aliphatic rings. The van der Waals surface area contributed by atoms with Crippen LogP contribution in [0.5, 0.6) is 0 Å². The van der Waals surface area contributed by atoms with E-state index in [1.54, 1.807) is 0 Å². The van der Waals surface area contributed by atoms with Gasteiger partial charge in [-0.3, -0.25) is 0 Å². The standard InChI is InChI=1S/2CH2NO2.Hg/c2*3-1-2-4;/h2*1H,(H-,2,3,4);/q2*-1;+2. The van der Waals surface area contributed by atoms with Gasteiger partial charge in [-0.15, -0.1) is 0 Å². The van der Waals surface area contributed by atoms with E-state index >= 15 is 0 Å². The molecule has 0 spiro atoms. The second kappa shape index (κ2) is 7.80. The molecule has 48 valence electrons. The third kappa shape index (κ3) is 7.80. The van der Waals surface area contributed by atoms with Gasteiger partial charge in [-0.05, 0) is 0 Å². The van der Waals surface area contributed by atoms with Gasteiger partial charge in [0.1, 0.15) is 0 Å². The van der Waals surface area contributed by atoms with Gasteiger partial charge in [-0.25, -0.2) is 0 Å². The molecular weight excluding hydrogens is 317 g/mol. The third-order valence-corrected chi connectivity index (χ3v) is 2.59. The van der Waals surface area contributed by atoms with Gasteiger partial charge >= 0.3 is 64.3 Å². The monoisotopic (exact) mass is 322 g/mol. The Balaban J connectivity index is 2.74. The second-order valence-electron chi connectivity index (χ2n) is 0.878. The Bertz CT molecular complexity index is 78.6. The molecule has 0 atom stereocenters. The van der Waals surface area contributed by atoms with Crippen molar-refractivity contribution in [2.45, 2.75) is 0 Å². The zero-order valence-corrected chi connectivity index (χ0v) is 9.99. The average molecular weight is 321 g/mol. The minimum atomic E-state index is -1.94. The molecule has 0 saturated heterocycles. The molecule has 0 aromatic rings. The normalized spacial score (nSPS) is 7.11. The van der Waals surface area contributed by atoms with E-state index in [0.29, 0.717) is 12.8 Å². The predicted octanol–water partition coefficient (Wildman–Crippen LogP) is -1.75. The molecule has 6 nitrogen and oxygen atoms in total. The van der Waals surface area contributed by atoms with Crippen molar-refractivity contribution in [3.8, 4) is 0 Å².